The first-order chi connectivity index (χ1) is 13.8. The number of benzene rings is 2. The molecule has 0 bridgehead atoms. The molecule has 2 aromatic carbocycles. The average molecular weight is 475 g/mol. The Bertz CT molecular complexity index is 1060. The Balaban J connectivity index is 1.68. The zero-order valence-corrected chi connectivity index (χ0v) is 18.0. The number of amides is 2. The maximum Gasteiger partial charge on any atom is 0.257 e. The summed E-state index contributed by atoms with van der Waals surface area (Å²) in [5.41, 5.74) is 1.20. The Morgan fingerprint density at radius 2 is 1.90 bits per heavy atom. The van der Waals surface area contributed by atoms with Crippen LogP contribution in [0.3, 0.4) is 0 Å². The molecule has 0 unspecified atom stereocenters. The number of nitrogens with zero attached hydrogens (tertiary/aromatic N) is 2. The van der Waals surface area contributed by atoms with Gasteiger partial charge in [-0.05, 0) is 42.5 Å². The molecule has 0 radical (unpaired) electrons. The largest absolute Gasteiger partial charge is 0.439 e. The highest BCUT2D eigenvalue weighted by molar-refractivity contribution is 9.10. The van der Waals surface area contributed by atoms with Crippen molar-refractivity contribution < 1.29 is 14.3 Å². The van der Waals surface area contributed by atoms with Gasteiger partial charge in [0.2, 0.25) is 5.88 Å². The van der Waals surface area contributed by atoms with Gasteiger partial charge in [-0.2, -0.15) is 0 Å². The van der Waals surface area contributed by atoms with E-state index in [2.05, 4.69) is 26.2 Å². The minimum absolute atomic E-state index is 0.210. The van der Waals surface area contributed by atoms with Gasteiger partial charge >= 0.3 is 0 Å². The quantitative estimate of drug-likeness (QED) is 0.549. The Kier molecular flexibility index (Phi) is 6.51. The van der Waals surface area contributed by atoms with Crippen LogP contribution in [-0.2, 0) is 0 Å². The molecule has 3 aromatic rings. The summed E-state index contributed by atoms with van der Waals surface area (Å²) in [5, 5.41) is 3.00. The molecule has 148 valence electrons. The number of pyridine rings is 1. The van der Waals surface area contributed by atoms with E-state index in [1.807, 2.05) is 24.3 Å². The maximum atomic E-state index is 12.5. The highest BCUT2D eigenvalue weighted by Gasteiger charge is 2.14. The third-order valence-corrected chi connectivity index (χ3v) is 4.69. The van der Waals surface area contributed by atoms with Gasteiger partial charge < -0.3 is 15.0 Å². The number of rotatable bonds is 5. The highest BCUT2D eigenvalue weighted by atomic mass is 79.9. The lowest BCUT2D eigenvalue weighted by atomic mass is 10.1. The fourth-order valence-corrected chi connectivity index (χ4v) is 3.08. The third kappa shape index (κ3) is 5.34. The molecule has 1 heterocycles. The first-order valence-corrected chi connectivity index (χ1v) is 9.72. The van der Waals surface area contributed by atoms with Gasteiger partial charge in [-0.3, -0.25) is 9.59 Å². The summed E-state index contributed by atoms with van der Waals surface area (Å²) in [5.74, 6) is 0.438. The monoisotopic (exact) mass is 473 g/mol. The number of halogens is 2. The number of carbonyl (C=O) groups excluding carboxylic acids is 2. The molecule has 1 aromatic heterocycles. The molecule has 0 saturated heterocycles. The lowest BCUT2D eigenvalue weighted by molar-refractivity contribution is 0.0827. The van der Waals surface area contributed by atoms with Crippen molar-refractivity contribution in [2.45, 2.75) is 0 Å². The molecule has 0 spiro atoms. The Hall–Kier alpha value is -2.90. The zero-order valence-electron chi connectivity index (χ0n) is 15.6. The topological polar surface area (TPSA) is 71.5 Å². The zero-order chi connectivity index (χ0) is 21.0. The van der Waals surface area contributed by atoms with Gasteiger partial charge in [0.05, 0.1) is 16.1 Å². The predicted octanol–water partition coefficient (Wildman–Crippen LogP) is 5.24. The summed E-state index contributed by atoms with van der Waals surface area (Å²) >= 11 is 9.55. The van der Waals surface area contributed by atoms with Gasteiger partial charge in [0, 0.05) is 36.5 Å². The van der Waals surface area contributed by atoms with E-state index in [-0.39, 0.29) is 16.8 Å². The van der Waals surface area contributed by atoms with Crippen molar-refractivity contribution in [3.05, 3.63) is 81.4 Å². The molecule has 6 nitrogen and oxygen atoms in total. The van der Waals surface area contributed by atoms with Crippen molar-refractivity contribution in [1.29, 1.82) is 0 Å². The molecule has 0 fully saturated rings. The average Bonchev–Trinajstić information content (AvgIpc) is 2.68. The number of hydrogen-bond donors (Lipinski definition) is 1. The minimum Gasteiger partial charge on any atom is -0.439 e. The van der Waals surface area contributed by atoms with Crippen molar-refractivity contribution in [1.82, 2.24) is 9.88 Å². The molecular formula is C21H17BrClN3O3. The lowest BCUT2D eigenvalue weighted by Gasteiger charge is -2.13. The molecule has 0 aliphatic rings. The lowest BCUT2D eigenvalue weighted by Crippen LogP contribution is -2.22. The second kappa shape index (κ2) is 9.07. The molecule has 8 heteroatoms. The normalized spacial score (nSPS) is 10.3. The fourth-order valence-electron chi connectivity index (χ4n) is 2.44. The van der Waals surface area contributed by atoms with Crippen LogP contribution in [-0.4, -0.2) is 35.8 Å². The van der Waals surface area contributed by atoms with E-state index in [1.165, 1.54) is 17.2 Å². The van der Waals surface area contributed by atoms with Crippen LogP contribution in [0, 0.1) is 0 Å². The summed E-state index contributed by atoms with van der Waals surface area (Å²) in [6.07, 6.45) is 1.42. The fraction of sp³-hybridized carbons (Fsp3) is 0.0952. The second-order valence-corrected chi connectivity index (χ2v) is 7.62. The molecule has 0 aliphatic heterocycles. The van der Waals surface area contributed by atoms with E-state index in [0.29, 0.717) is 28.4 Å². The van der Waals surface area contributed by atoms with Gasteiger partial charge in [-0.25, -0.2) is 4.98 Å². The van der Waals surface area contributed by atoms with E-state index >= 15 is 0 Å². The van der Waals surface area contributed by atoms with Crippen molar-refractivity contribution in [2.75, 3.05) is 19.4 Å². The second-order valence-electron chi connectivity index (χ2n) is 6.29. The van der Waals surface area contributed by atoms with Crippen LogP contribution < -0.4 is 10.1 Å². The van der Waals surface area contributed by atoms with E-state index in [9.17, 15) is 9.59 Å². The smallest absolute Gasteiger partial charge is 0.257 e. The van der Waals surface area contributed by atoms with Crippen LogP contribution in [0.25, 0.3) is 0 Å². The number of ether oxygens (including phenoxy) is 1. The summed E-state index contributed by atoms with van der Waals surface area (Å²) in [6, 6.07) is 15.3. The van der Waals surface area contributed by atoms with Crippen molar-refractivity contribution in [2.24, 2.45) is 0 Å². The molecule has 0 saturated carbocycles. The van der Waals surface area contributed by atoms with Crippen LogP contribution in [0.5, 0.6) is 11.6 Å². The Morgan fingerprint density at radius 1 is 1.10 bits per heavy atom. The number of carbonyl (C=O) groups is 2. The van der Waals surface area contributed by atoms with Crippen molar-refractivity contribution in [3.63, 3.8) is 0 Å². The number of aromatic nitrogens is 1. The third-order valence-electron chi connectivity index (χ3n) is 3.88. The van der Waals surface area contributed by atoms with Gasteiger partial charge in [0.25, 0.3) is 11.8 Å². The van der Waals surface area contributed by atoms with Crippen molar-refractivity contribution >= 4 is 45.0 Å². The predicted molar refractivity (Wildman–Crippen MR) is 116 cm³/mol. The summed E-state index contributed by atoms with van der Waals surface area (Å²) < 4.78 is 6.55. The number of hydrogen-bond acceptors (Lipinski definition) is 4. The Morgan fingerprint density at radius 3 is 2.52 bits per heavy atom. The summed E-state index contributed by atoms with van der Waals surface area (Å²) in [4.78, 5) is 30.1. The van der Waals surface area contributed by atoms with E-state index in [0.717, 1.165) is 4.47 Å². The maximum absolute atomic E-state index is 12.5. The van der Waals surface area contributed by atoms with Crippen LogP contribution in [0.15, 0.2) is 65.3 Å². The van der Waals surface area contributed by atoms with Crippen LogP contribution in [0.2, 0.25) is 5.02 Å². The van der Waals surface area contributed by atoms with Gasteiger partial charge in [-0.15, -0.1) is 0 Å². The molecule has 2 amide bonds. The van der Waals surface area contributed by atoms with E-state index in [1.54, 1.807) is 38.4 Å². The number of nitrogens with one attached hydrogen (secondary N) is 1. The number of anilines is 1. The SMILES string of the molecule is CN(C)C(=O)c1ccc(NC(=O)c2ccc(Oc3cccc(Br)c3)nc2)cc1Cl. The van der Waals surface area contributed by atoms with Gasteiger partial charge in [0.15, 0.2) is 0 Å². The van der Waals surface area contributed by atoms with Gasteiger partial charge in [-0.1, -0.05) is 33.6 Å². The van der Waals surface area contributed by atoms with Crippen LogP contribution in [0.4, 0.5) is 5.69 Å². The van der Waals surface area contributed by atoms with E-state index < -0.39 is 0 Å². The summed E-state index contributed by atoms with van der Waals surface area (Å²) in [6.45, 7) is 0. The highest BCUT2D eigenvalue weighted by Crippen LogP contribution is 2.24. The van der Waals surface area contributed by atoms with Crippen LogP contribution in [0.1, 0.15) is 20.7 Å². The standard InChI is InChI=1S/C21H17BrClN3O3/c1-26(2)21(28)17-8-7-15(11-18(17)23)25-20(27)13-6-9-19(24-12-13)29-16-5-3-4-14(22)10-16/h3-12H,1-2H3,(H,25,27). The first kappa shape index (κ1) is 20.8. The van der Waals surface area contributed by atoms with Gasteiger partial charge in [0.1, 0.15) is 5.75 Å². The minimum atomic E-state index is -0.353. The molecule has 0 atom stereocenters. The molecule has 3 rings (SSSR count). The molecule has 0 aliphatic carbocycles. The molecule has 29 heavy (non-hydrogen) atoms. The molecular weight excluding hydrogens is 458 g/mol. The summed E-state index contributed by atoms with van der Waals surface area (Å²) in [7, 11) is 3.29. The Labute approximate surface area is 181 Å². The van der Waals surface area contributed by atoms with E-state index in [4.69, 9.17) is 16.3 Å². The van der Waals surface area contributed by atoms with Crippen molar-refractivity contribution in [3.8, 4) is 11.6 Å². The van der Waals surface area contributed by atoms with Crippen LogP contribution >= 0.6 is 27.5 Å². The molecule has 1 N–H and O–H groups in total. The first-order valence-electron chi connectivity index (χ1n) is 8.55.